The molecular weight excluding hydrogens is 375 g/mol. The normalized spacial score (nSPS) is 11.3. The van der Waals surface area contributed by atoms with Gasteiger partial charge < -0.3 is 0 Å². The average molecular weight is 385 g/mol. The zero-order valence-electron chi connectivity index (χ0n) is 13.7. The predicted octanol–water partition coefficient (Wildman–Crippen LogP) is 4.71. The largest absolute Gasteiger partial charge is 0.416 e. The molecule has 142 valence electrons. The van der Waals surface area contributed by atoms with Crippen molar-refractivity contribution in [1.29, 1.82) is 0 Å². The Balaban J connectivity index is 3.08. The van der Waals surface area contributed by atoms with Crippen LogP contribution < -0.4 is 0 Å². The van der Waals surface area contributed by atoms with E-state index in [0.29, 0.717) is 6.07 Å². The molecule has 0 saturated carbocycles. The number of halogens is 3. The second-order valence-corrected chi connectivity index (χ2v) is 5.56. The van der Waals surface area contributed by atoms with Crippen LogP contribution in [0.3, 0.4) is 0 Å². The Kier molecular flexibility index (Phi) is 4.85. The van der Waals surface area contributed by atoms with Gasteiger partial charge in [0, 0.05) is 29.3 Å². The van der Waals surface area contributed by atoms with Crippen molar-refractivity contribution in [2.24, 2.45) is 0 Å². The maximum atomic E-state index is 13.3. The molecule has 0 bridgehead atoms. The Hall–Kier alpha value is -3.57. The van der Waals surface area contributed by atoms with Crippen LogP contribution in [0.2, 0.25) is 0 Å². The van der Waals surface area contributed by atoms with E-state index in [1.54, 1.807) is 0 Å². The second kappa shape index (κ2) is 6.63. The zero-order valence-corrected chi connectivity index (χ0v) is 13.7. The van der Waals surface area contributed by atoms with Crippen LogP contribution >= 0.6 is 0 Å². The molecule has 0 atom stereocenters. The summed E-state index contributed by atoms with van der Waals surface area (Å²) in [6.45, 7) is 2.19. The first-order chi connectivity index (χ1) is 12.4. The van der Waals surface area contributed by atoms with Gasteiger partial charge in [0.25, 0.3) is 17.1 Å². The molecule has 0 amide bonds. The van der Waals surface area contributed by atoms with Crippen molar-refractivity contribution in [3.8, 4) is 11.1 Å². The maximum absolute atomic E-state index is 13.3. The molecular formula is C15H10F3N3O6. The molecule has 0 heterocycles. The number of rotatable bonds is 4. The summed E-state index contributed by atoms with van der Waals surface area (Å²) in [5.41, 5.74) is -5.96. The first-order valence-corrected chi connectivity index (χ1v) is 7.15. The minimum atomic E-state index is -5.00. The summed E-state index contributed by atoms with van der Waals surface area (Å²) in [5.74, 6) is 0. The number of non-ortho nitro benzene ring substituents is 1. The van der Waals surface area contributed by atoms with Crippen molar-refractivity contribution in [3.05, 3.63) is 71.3 Å². The fourth-order valence-corrected chi connectivity index (χ4v) is 2.70. The smallest absolute Gasteiger partial charge is 0.258 e. The van der Waals surface area contributed by atoms with Gasteiger partial charge in [-0.15, -0.1) is 0 Å². The number of aryl methyl sites for hydroxylation is 1. The topological polar surface area (TPSA) is 129 Å². The lowest BCUT2D eigenvalue weighted by Crippen LogP contribution is -2.10. The van der Waals surface area contributed by atoms with E-state index in [4.69, 9.17) is 0 Å². The molecule has 0 radical (unpaired) electrons. The Morgan fingerprint density at radius 2 is 1.48 bits per heavy atom. The van der Waals surface area contributed by atoms with Gasteiger partial charge in [0.1, 0.15) is 5.56 Å². The molecule has 12 heteroatoms. The Morgan fingerprint density at radius 1 is 0.889 bits per heavy atom. The quantitative estimate of drug-likeness (QED) is 0.553. The van der Waals surface area contributed by atoms with E-state index in [9.17, 15) is 43.5 Å². The summed E-state index contributed by atoms with van der Waals surface area (Å²) in [6.07, 6.45) is -5.00. The van der Waals surface area contributed by atoms with Crippen LogP contribution in [0.4, 0.5) is 30.2 Å². The van der Waals surface area contributed by atoms with Gasteiger partial charge in [0.05, 0.1) is 20.3 Å². The fourth-order valence-electron chi connectivity index (χ4n) is 2.70. The third-order valence-corrected chi connectivity index (χ3v) is 3.91. The van der Waals surface area contributed by atoms with Gasteiger partial charge in [0.2, 0.25) is 0 Å². The van der Waals surface area contributed by atoms with Crippen LogP contribution in [-0.2, 0) is 6.18 Å². The monoisotopic (exact) mass is 385 g/mol. The molecule has 0 aliphatic rings. The summed E-state index contributed by atoms with van der Waals surface area (Å²) >= 11 is 0. The van der Waals surface area contributed by atoms with E-state index in [-0.39, 0.29) is 11.6 Å². The molecule has 0 N–H and O–H groups in total. The third-order valence-electron chi connectivity index (χ3n) is 3.91. The lowest BCUT2D eigenvalue weighted by Gasteiger charge is -2.15. The van der Waals surface area contributed by atoms with Gasteiger partial charge >= 0.3 is 6.18 Å². The lowest BCUT2D eigenvalue weighted by molar-refractivity contribution is -0.393. The van der Waals surface area contributed by atoms with E-state index in [1.807, 2.05) is 0 Å². The summed E-state index contributed by atoms with van der Waals surface area (Å²) in [4.78, 5) is 30.7. The minimum absolute atomic E-state index is 0.0416. The number of hydrogen-bond acceptors (Lipinski definition) is 6. The van der Waals surface area contributed by atoms with Gasteiger partial charge in [0.15, 0.2) is 0 Å². The van der Waals surface area contributed by atoms with Crippen LogP contribution in [0.25, 0.3) is 11.1 Å². The molecule has 2 aromatic rings. The number of hydrogen-bond donors (Lipinski definition) is 0. The van der Waals surface area contributed by atoms with Gasteiger partial charge in [-0.25, -0.2) is 0 Å². The van der Waals surface area contributed by atoms with Crippen LogP contribution in [0.1, 0.15) is 16.7 Å². The average Bonchev–Trinajstić information content (AvgIpc) is 2.52. The van der Waals surface area contributed by atoms with Gasteiger partial charge in [-0.3, -0.25) is 30.3 Å². The predicted molar refractivity (Wildman–Crippen MR) is 86.3 cm³/mol. The highest BCUT2D eigenvalue weighted by Crippen LogP contribution is 2.45. The van der Waals surface area contributed by atoms with Crippen LogP contribution in [0, 0.1) is 44.2 Å². The number of alkyl halides is 3. The van der Waals surface area contributed by atoms with E-state index in [0.717, 1.165) is 19.1 Å². The maximum Gasteiger partial charge on any atom is 0.416 e. The molecule has 0 fully saturated rings. The third kappa shape index (κ3) is 3.54. The summed E-state index contributed by atoms with van der Waals surface area (Å²) in [7, 11) is 0. The molecule has 0 aliphatic carbocycles. The number of nitro benzene ring substituents is 3. The highest BCUT2D eigenvalue weighted by Gasteiger charge is 2.38. The van der Waals surface area contributed by atoms with Crippen LogP contribution in [0.5, 0.6) is 0 Å². The SMILES string of the molecule is Cc1ccc([N+](=O)[O-])c(-c2cc([N+](=O)[O-])cc(C(F)(F)F)c2C)c1[N+](=O)[O-]. The molecule has 0 unspecified atom stereocenters. The molecule has 27 heavy (non-hydrogen) atoms. The zero-order chi connectivity index (χ0) is 20.7. The summed E-state index contributed by atoms with van der Waals surface area (Å²) in [5, 5.41) is 33.8. The van der Waals surface area contributed by atoms with E-state index in [1.165, 1.54) is 6.92 Å². The molecule has 0 aliphatic heterocycles. The minimum Gasteiger partial charge on any atom is -0.258 e. The lowest BCUT2D eigenvalue weighted by atomic mass is 9.91. The Bertz CT molecular complexity index is 988. The van der Waals surface area contributed by atoms with Crippen LogP contribution in [-0.4, -0.2) is 14.8 Å². The molecule has 2 aromatic carbocycles. The molecule has 0 spiro atoms. The molecule has 0 aromatic heterocycles. The first-order valence-electron chi connectivity index (χ1n) is 7.15. The van der Waals surface area contributed by atoms with Crippen molar-refractivity contribution in [2.45, 2.75) is 20.0 Å². The number of nitrogens with zero attached hydrogens (tertiary/aromatic N) is 3. The van der Waals surface area contributed by atoms with Crippen molar-refractivity contribution in [2.75, 3.05) is 0 Å². The standard InChI is InChI=1S/C15H10F3N3O6/c1-7-3-4-12(20(24)25)13(14(7)21(26)27)10-5-9(19(22)23)6-11(8(10)2)15(16,17)18/h3-6H,1-2H3. The van der Waals surface area contributed by atoms with Gasteiger partial charge in [-0.05, 0) is 25.5 Å². The van der Waals surface area contributed by atoms with Crippen molar-refractivity contribution < 1.29 is 27.9 Å². The molecule has 0 saturated heterocycles. The summed E-state index contributed by atoms with van der Waals surface area (Å²) < 4.78 is 39.9. The van der Waals surface area contributed by atoms with Gasteiger partial charge in [-0.2, -0.15) is 13.2 Å². The van der Waals surface area contributed by atoms with E-state index in [2.05, 4.69) is 0 Å². The Labute approximate surface area is 148 Å². The van der Waals surface area contributed by atoms with Gasteiger partial charge in [-0.1, -0.05) is 0 Å². The molecule has 9 nitrogen and oxygen atoms in total. The van der Waals surface area contributed by atoms with Crippen molar-refractivity contribution in [1.82, 2.24) is 0 Å². The molecule has 2 rings (SSSR count). The van der Waals surface area contributed by atoms with Crippen molar-refractivity contribution >= 4 is 17.1 Å². The Morgan fingerprint density at radius 3 is 1.93 bits per heavy atom. The summed E-state index contributed by atoms with van der Waals surface area (Å²) in [6, 6.07) is 2.94. The van der Waals surface area contributed by atoms with E-state index < -0.39 is 60.3 Å². The highest BCUT2D eigenvalue weighted by atomic mass is 19.4. The highest BCUT2D eigenvalue weighted by molar-refractivity contribution is 5.87. The first kappa shape index (κ1) is 19.8. The fraction of sp³-hybridized carbons (Fsp3) is 0.200. The number of benzene rings is 2. The second-order valence-electron chi connectivity index (χ2n) is 5.56. The van der Waals surface area contributed by atoms with Crippen molar-refractivity contribution in [3.63, 3.8) is 0 Å². The van der Waals surface area contributed by atoms with E-state index >= 15 is 0 Å². The number of nitro groups is 3. The van der Waals surface area contributed by atoms with Crippen LogP contribution in [0.15, 0.2) is 24.3 Å².